The fourth-order valence-electron chi connectivity index (χ4n) is 1.60. The van der Waals surface area contributed by atoms with Gasteiger partial charge in [0.05, 0.1) is 24.7 Å². The van der Waals surface area contributed by atoms with Crippen LogP contribution in [0.25, 0.3) is 11.0 Å². The molecular weight excluding hydrogens is 304 g/mol. The zero-order valence-corrected chi connectivity index (χ0v) is 10.8. The highest BCUT2D eigenvalue weighted by molar-refractivity contribution is 7.85. The van der Waals surface area contributed by atoms with Crippen LogP contribution in [0.4, 0.5) is 17.6 Å². The maximum atomic E-state index is 13.4. The molecule has 0 spiro atoms. The zero-order valence-electron chi connectivity index (χ0n) is 9.99. The first kappa shape index (κ1) is 14.8. The van der Waals surface area contributed by atoms with Gasteiger partial charge in [-0.05, 0) is 12.1 Å². The molecule has 0 aliphatic rings. The smallest absolute Gasteiger partial charge is 0.419 e. The lowest BCUT2D eigenvalue weighted by molar-refractivity contribution is -0.139. The summed E-state index contributed by atoms with van der Waals surface area (Å²) in [5.41, 5.74) is -1.51. The number of fused-ring (bicyclic) bond motifs is 1. The molecule has 0 radical (unpaired) electrons. The number of alkyl halides is 3. The van der Waals surface area contributed by atoms with Gasteiger partial charge in [-0.1, -0.05) is 0 Å². The van der Waals surface area contributed by atoms with E-state index in [2.05, 4.69) is 4.18 Å². The van der Waals surface area contributed by atoms with Crippen LogP contribution in [-0.2, 0) is 27.1 Å². The van der Waals surface area contributed by atoms with Crippen molar-refractivity contribution in [1.29, 1.82) is 0 Å². The minimum atomic E-state index is -4.84. The molecule has 9 heteroatoms. The Bertz CT molecular complexity index is 746. The quantitative estimate of drug-likeness (QED) is 0.645. The van der Waals surface area contributed by atoms with Crippen LogP contribution in [0.3, 0.4) is 0 Å². The Morgan fingerprint density at radius 3 is 2.50 bits per heavy atom. The molecule has 1 heterocycles. The molecule has 0 unspecified atom stereocenters. The standard InChI is InChI=1S/C11H8F4O4S/c1-20(16,17)19-5-6-4-18-10-3-8(11(13,14)15)9(12)2-7(6)10/h2-4H,5H2,1H3. The van der Waals surface area contributed by atoms with Crippen LogP contribution in [0.1, 0.15) is 11.1 Å². The molecule has 0 bridgehead atoms. The van der Waals surface area contributed by atoms with Gasteiger partial charge in [-0.3, -0.25) is 4.18 Å². The molecule has 110 valence electrons. The predicted molar refractivity (Wildman–Crippen MR) is 60.8 cm³/mol. The molecule has 1 aromatic carbocycles. The molecule has 2 aromatic rings. The van der Waals surface area contributed by atoms with Crippen molar-refractivity contribution in [1.82, 2.24) is 0 Å². The summed E-state index contributed by atoms with van der Waals surface area (Å²) < 4.78 is 82.0. The van der Waals surface area contributed by atoms with E-state index in [1.165, 1.54) is 0 Å². The van der Waals surface area contributed by atoms with E-state index in [1.807, 2.05) is 0 Å². The number of halogens is 4. The highest BCUT2D eigenvalue weighted by Crippen LogP contribution is 2.35. The molecule has 20 heavy (non-hydrogen) atoms. The van der Waals surface area contributed by atoms with Crippen LogP contribution in [-0.4, -0.2) is 14.7 Å². The summed E-state index contributed by atoms with van der Waals surface area (Å²) in [6, 6.07) is 1.16. The van der Waals surface area contributed by atoms with Gasteiger partial charge >= 0.3 is 6.18 Å². The monoisotopic (exact) mass is 312 g/mol. The summed E-state index contributed by atoms with van der Waals surface area (Å²) in [4.78, 5) is 0. The van der Waals surface area contributed by atoms with E-state index in [9.17, 15) is 26.0 Å². The summed E-state index contributed by atoms with van der Waals surface area (Å²) in [5.74, 6) is -1.47. The van der Waals surface area contributed by atoms with Crippen molar-refractivity contribution < 1.29 is 34.6 Å². The van der Waals surface area contributed by atoms with Gasteiger partial charge in [0, 0.05) is 10.9 Å². The summed E-state index contributed by atoms with van der Waals surface area (Å²) in [7, 11) is -3.73. The molecule has 0 N–H and O–H groups in total. The van der Waals surface area contributed by atoms with Gasteiger partial charge in [0.15, 0.2) is 0 Å². The van der Waals surface area contributed by atoms with Gasteiger partial charge in [-0.15, -0.1) is 0 Å². The number of furan rings is 1. The lowest BCUT2D eigenvalue weighted by Gasteiger charge is -2.07. The first-order valence-corrected chi connectivity index (χ1v) is 7.01. The van der Waals surface area contributed by atoms with Crippen molar-refractivity contribution in [2.75, 3.05) is 6.26 Å². The summed E-state index contributed by atoms with van der Waals surface area (Å²) in [6.07, 6.45) is -3.00. The Balaban J connectivity index is 2.45. The first-order valence-electron chi connectivity index (χ1n) is 5.19. The van der Waals surface area contributed by atoms with Crippen molar-refractivity contribution in [2.24, 2.45) is 0 Å². The Hall–Kier alpha value is -1.61. The van der Waals surface area contributed by atoms with Crippen molar-refractivity contribution in [3.63, 3.8) is 0 Å². The molecule has 0 aliphatic carbocycles. The highest BCUT2D eigenvalue weighted by atomic mass is 32.2. The first-order chi connectivity index (χ1) is 9.08. The van der Waals surface area contributed by atoms with E-state index in [1.54, 1.807) is 0 Å². The van der Waals surface area contributed by atoms with Gasteiger partial charge in [0.25, 0.3) is 10.1 Å². The number of hydrogen-bond donors (Lipinski definition) is 0. The second kappa shape index (κ2) is 4.74. The maximum Gasteiger partial charge on any atom is 0.419 e. The third-order valence-corrected chi connectivity index (χ3v) is 3.02. The van der Waals surface area contributed by atoms with Crippen molar-refractivity contribution in [3.05, 3.63) is 35.3 Å². The predicted octanol–water partition coefficient (Wildman–Crippen LogP) is 3.07. The van der Waals surface area contributed by atoms with Crippen molar-refractivity contribution in [3.8, 4) is 0 Å². The fourth-order valence-corrected chi connectivity index (χ4v) is 1.94. The maximum absolute atomic E-state index is 13.4. The largest absolute Gasteiger partial charge is 0.464 e. The Labute approximate surface area is 111 Å². The average molecular weight is 312 g/mol. The second-order valence-electron chi connectivity index (χ2n) is 4.05. The van der Waals surface area contributed by atoms with E-state index in [0.29, 0.717) is 12.1 Å². The number of benzene rings is 1. The van der Waals surface area contributed by atoms with Crippen LogP contribution in [0.2, 0.25) is 0 Å². The number of rotatable bonds is 3. The topological polar surface area (TPSA) is 56.5 Å². The Kier molecular flexibility index (Phi) is 3.51. The molecule has 0 aliphatic heterocycles. The van der Waals surface area contributed by atoms with Crippen LogP contribution in [0.5, 0.6) is 0 Å². The van der Waals surface area contributed by atoms with E-state index < -0.39 is 34.3 Å². The SMILES string of the molecule is CS(=O)(=O)OCc1coc2cc(C(F)(F)F)c(F)cc12. The van der Waals surface area contributed by atoms with Crippen molar-refractivity contribution in [2.45, 2.75) is 12.8 Å². The van der Waals surface area contributed by atoms with Gasteiger partial charge < -0.3 is 4.42 Å². The van der Waals surface area contributed by atoms with E-state index in [0.717, 1.165) is 12.5 Å². The molecule has 1 aromatic heterocycles. The second-order valence-corrected chi connectivity index (χ2v) is 5.70. The van der Waals surface area contributed by atoms with E-state index in [-0.39, 0.29) is 16.5 Å². The molecule has 2 rings (SSSR count). The molecule has 0 saturated carbocycles. The minimum Gasteiger partial charge on any atom is -0.464 e. The van der Waals surface area contributed by atoms with E-state index >= 15 is 0 Å². The third-order valence-electron chi connectivity index (χ3n) is 2.48. The van der Waals surface area contributed by atoms with Crippen molar-refractivity contribution >= 4 is 21.1 Å². The molecule has 0 amide bonds. The van der Waals surface area contributed by atoms with Crippen LogP contribution < -0.4 is 0 Å². The van der Waals surface area contributed by atoms with Gasteiger partial charge in [0.1, 0.15) is 11.4 Å². The van der Waals surface area contributed by atoms with E-state index in [4.69, 9.17) is 4.42 Å². The summed E-state index contributed by atoms with van der Waals surface area (Å²) >= 11 is 0. The lowest BCUT2D eigenvalue weighted by atomic mass is 10.1. The number of hydrogen-bond acceptors (Lipinski definition) is 4. The normalized spacial score (nSPS) is 13.1. The highest BCUT2D eigenvalue weighted by Gasteiger charge is 2.35. The molecule has 4 nitrogen and oxygen atoms in total. The van der Waals surface area contributed by atoms with Gasteiger partial charge in [-0.2, -0.15) is 21.6 Å². The molecule has 0 atom stereocenters. The van der Waals surface area contributed by atoms with Crippen LogP contribution in [0, 0.1) is 5.82 Å². The lowest BCUT2D eigenvalue weighted by Crippen LogP contribution is -2.08. The summed E-state index contributed by atoms with van der Waals surface area (Å²) in [5, 5.41) is 0.0270. The minimum absolute atomic E-state index is 0.0270. The summed E-state index contributed by atoms with van der Waals surface area (Å²) in [6.45, 7) is -0.448. The van der Waals surface area contributed by atoms with Crippen LogP contribution in [0.15, 0.2) is 22.8 Å². The molecule has 0 saturated heterocycles. The zero-order chi connectivity index (χ0) is 15.1. The Morgan fingerprint density at radius 1 is 1.30 bits per heavy atom. The Morgan fingerprint density at radius 2 is 1.95 bits per heavy atom. The third kappa shape index (κ3) is 3.10. The van der Waals surface area contributed by atoms with Crippen LogP contribution >= 0.6 is 0 Å². The van der Waals surface area contributed by atoms with Gasteiger partial charge in [-0.25, -0.2) is 4.39 Å². The van der Waals surface area contributed by atoms with Gasteiger partial charge in [0.2, 0.25) is 0 Å². The molecular formula is C11H8F4O4S. The fraction of sp³-hybridized carbons (Fsp3) is 0.273. The average Bonchev–Trinajstić information content (AvgIpc) is 2.65. The molecule has 0 fully saturated rings.